The molecule has 34 heavy (non-hydrogen) atoms. The van der Waals surface area contributed by atoms with Gasteiger partial charge in [0.05, 0.1) is 22.8 Å². The van der Waals surface area contributed by atoms with Gasteiger partial charge in [0.2, 0.25) is 10.0 Å². The predicted molar refractivity (Wildman–Crippen MR) is 121 cm³/mol. The Morgan fingerprint density at radius 1 is 0.971 bits per heavy atom. The lowest BCUT2D eigenvalue weighted by Gasteiger charge is -2.35. The van der Waals surface area contributed by atoms with Crippen molar-refractivity contribution in [1.82, 2.24) is 14.3 Å². The third kappa shape index (κ3) is 5.00. The van der Waals surface area contributed by atoms with Gasteiger partial charge in [0.1, 0.15) is 17.9 Å². The summed E-state index contributed by atoms with van der Waals surface area (Å²) in [5, 5.41) is 0. The van der Waals surface area contributed by atoms with Crippen molar-refractivity contribution in [2.45, 2.75) is 18.0 Å². The summed E-state index contributed by atoms with van der Waals surface area (Å²) < 4.78 is 72.6. The molecule has 7 nitrogen and oxygen atoms in total. The molecule has 0 amide bonds. The molecule has 0 radical (unpaired) electrons. The van der Waals surface area contributed by atoms with Crippen LogP contribution in [-0.4, -0.2) is 55.5 Å². The molecule has 0 atom stereocenters. The highest BCUT2D eigenvalue weighted by Crippen LogP contribution is 2.35. The largest absolute Gasteiger partial charge is 0.494 e. The average molecular weight is 493 g/mol. The minimum Gasteiger partial charge on any atom is -0.494 e. The smallest absolute Gasteiger partial charge is 0.417 e. The van der Waals surface area contributed by atoms with Gasteiger partial charge in [-0.3, -0.25) is 0 Å². The quantitative estimate of drug-likeness (QED) is 0.517. The number of hydrogen-bond acceptors (Lipinski definition) is 6. The first-order chi connectivity index (χ1) is 16.2. The molecule has 2 heterocycles. The van der Waals surface area contributed by atoms with Gasteiger partial charge in [0, 0.05) is 37.8 Å². The van der Waals surface area contributed by atoms with E-state index in [1.165, 1.54) is 18.5 Å². The van der Waals surface area contributed by atoms with Gasteiger partial charge in [-0.2, -0.15) is 17.5 Å². The molecule has 4 rings (SSSR count). The fourth-order valence-electron chi connectivity index (χ4n) is 3.79. The van der Waals surface area contributed by atoms with E-state index < -0.39 is 26.7 Å². The van der Waals surface area contributed by atoms with Crippen LogP contribution in [0.2, 0.25) is 0 Å². The Kier molecular flexibility index (Phi) is 6.76. The molecule has 0 N–H and O–H groups in total. The lowest BCUT2D eigenvalue weighted by molar-refractivity contribution is -0.139. The number of alkyl halides is 3. The van der Waals surface area contributed by atoms with Crippen LogP contribution in [-0.2, 0) is 16.2 Å². The van der Waals surface area contributed by atoms with Gasteiger partial charge in [0.15, 0.2) is 0 Å². The van der Waals surface area contributed by atoms with Crippen molar-refractivity contribution in [2.24, 2.45) is 0 Å². The van der Waals surface area contributed by atoms with Crippen molar-refractivity contribution in [3.8, 4) is 17.0 Å². The normalized spacial score (nSPS) is 15.4. The molecule has 0 saturated carbocycles. The van der Waals surface area contributed by atoms with E-state index in [9.17, 15) is 21.6 Å². The minimum atomic E-state index is -4.76. The number of rotatable bonds is 6. The van der Waals surface area contributed by atoms with Gasteiger partial charge in [-0.1, -0.05) is 12.1 Å². The molecule has 0 spiro atoms. The van der Waals surface area contributed by atoms with E-state index in [4.69, 9.17) is 4.74 Å². The number of halogens is 3. The molecule has 1 saturated heterocycles. The first-order valence-corrected chi connectivity index (χ1v) is 12.1. The second kappa shape index (κ2) is 9.59. The van der Waals surface area contributed by atoms with E-state index >= 15 is 0 Å². The summed E-state index contributed by atoms with van der Waals surface area (Å²) in [5.41, 5.74) is 0.410. The second-order valence-corrected chi connectivity index (χ2v) is 9.51. The molecule has 3 aromatic rings. The minimum absolute atomic E-state index is 0.0386. The molecule has 1 aliphatic heterocycles. The number of piperazine rings is 1. The summed E-state index contributed by atoms with van der Waals surface area (Å²) in [6, 6.07) is 13.5. The number of nitrogens with zero attached hydrogens (tertiary/aromatic N) is 4. The van der Waals surface area contributed by atoms with Gasteiger partial charge < -0.3 is 9.64 Å². The van der Waals surface area contributed by atoms with E-state index in [2.05, 4.69) is 9.97 Å². The molecule has 0 unspecified atom stereocenters. The Balaban J connectivity index is 1.49. The summed E-state index contributed by atoms with van der Waals surface area (Å²) >= 11 is 0. The predicted octanol–water partition coefficient (Wildman–Crippen LogP) is 4.07. The number of anilines is 1. The van der Waals surface area contributed by atoms with Gasteiger partial charge in [0.25, 0.3) is 0 Å². The van der Waals surface area contributed by atoms with E-state index in [-0.39, 0.29) is 26.2 Å². The Morgan fingerprint density at radius 2 is 1.65 bits per heavy atom. The summed E-state index contributed by atoms with van der Waals surface area (Å²) in [6.07, 6.45) is -3.33. The Morgan fingerprint density at radius 3 is 2.29 bits per heavy atom. The zero-order valence-corrected chi connectivity index (χ0v) is 19.2. The van der Waals surface area contributed by atoms with Crippen LogP contribution in [0.25, 0.3) is 11.3 Å². The fourth-order valence-corrected chi connectivity index (χ4v) is 5.42. The standard InChI is InChI=1S/C23H23F3N4O3S/c1-2-33-18-9-7-17(8-10-18)20-15-22(28-16-27-20)29-11-13-30(14-12-29)34(31,32)21-6-4-3-5-19(21)23(24,25)26/h3-10,15-16H,2,11-14H2,1H3. The Hall–Kier alpha value is -3.18. The van der Waals surface area contributed by atoms with Crippen molar-refractivity contribution in [3.05, 3.63) is 66.5 Å². The molecule has 1 aliphatic rings. The van der Waals surface area contributed by atoms with Crippen LogP contribution < -0.4 is 9.64 Å². The van der Waals surface area contributed by atoms with E-state index in [1.807, 2.05) is 36.1 Å². The number of benzene rings is 2. The van der Waals surface area contributed by atoms with Crippen LogP contribution in [0.15, 0.2) is 65.8 Å². The highest BCUT2D eigenvalue weighted by atomic mass is 32.2. The number of hydrogen-bond donors (Lipinski definition) is 0. The lowest BCUT2D eigenvalue weighted by Crippen LogP contribution is -2.49. The number of ether oxygens (including phenoxy) is 1. The topological polar surface area (TPSA) is 75.6 Å². The maximum Gasteiger partial charge on any atom is 0.417 e. The first-order valence-electron chi connectivity index (χ1n) is 10.7. The molecule has 0 aliphatic carbocycles. The van der Waals surface area contributed by atoms with Crippen LogP contribution in [0.5, 0.6) is 5.75 Å². The maximum absolute atomic E-state index is 13.4. The van der Waals surface area contributed by atoms with Gasteiger partial charge in [-0.05, 0) is 43.3 Å². The highest BCUT2D eigenvalue weighted by molar-refractivity contribution is 7.89. The van der Waals surface area contributed by atoms with Crippen LogP contribution in [0, 0.1) is 0 Å². The lowest BCUT2D eigenvalue weighted by atomic mass is 10.1. The molecule has 180 valence electrons. The average Bonchev–Trinajstić information content (AvgIpc) is 2.84. The van der Waals surface area contributed by atoms with Gasteiger partial charge in [-0.25, -0.2) is 18.4 Å². The summed E-state index contributed by atoms with van der Waals surface area (Å²) in [5.74, 6) is 1.37. The van der Waals surface area contributed by atoms with Crippen molar-refractivity contribution < 1.29 is 26.3 Å². The van der Waals surface area contributed by atoms with E-state index in [0.717, 1.165) is 27.8 Å². The third-order valence-corrected chi connectivity index (χ3v) is 7.44. The molecule has 1 aromatic heterocycles. The molecule has 1 fully saturated rings. The summed E-state index contributed by atoms with van der Waals surface area (Å²) in [6.45, 7) is 3.12. The number of aromatic nitrogens is 2. The van der Waals surface area contributed by atoms with E-state index in [1.54, 1.807) is 6.07 Å². The van der Waals surface area contributed by atoms with Gasteiger partial charge in [-0.15, -0.1) is 0 Å². The van der Waals surface area contributed by atoms with Gasteiger partial charge >= 0.3 is 6.18 Å². The van der Waals surface area contributed by atoms with E-state index in [0.29, 0.717) is 18.1 Å². The molecular formula is C23H23F3N4O3S. The van der Waals surface area contributed by atoms with Crippen LogP contribution in [0.3, 0.4) is 0 Å². The second-order valence-electron chi connectivity index (χ2n) is 7.60. The Bertz CT molecular complexity index is 1240. The van der Waals surface area contributed by atoms with Crippen molar-refractivity contribution in [2.75, 3.05) is 37.7 Å². The van der Waals surface area contributed by atoms with Crippen molar-refractivity contribution in [1.29, 1.82) is 0 Å². The summed E-state index contributed by atoms with van der Waals surface area (Å²) in [7, 11) is -4.30. The zero-order valence-electron chi connectivity index (χ0n) is 18.4. The van der Waals surface area contributed by atoms with Crippen LogP contribution >= 0.6 is 0 Å². The molecule has 0 bridgehead atoms. The molecule has 11 heteroatoms. The van der Waals surface area contributed by atoms with Crippen LogP contribution in [0.1, 0.15) is 12.5 Å². The SMILES string of the molecule is CCOc1ccc(-c2cc(N3CCN(S(=O)(=O)c4ccccc4C(F)(F)F)CC3)ncn2)cc1. The van der Waals surface area contributed by atoms with Crippen LogP contribution in [0.4, 0.5) is 19.0 Å². The zero-order chi connectivity index (χ0) is 24.3. The van der Waals surface area contributed by atoms with Crippen molar-refractivity contribution in [3.63, 3.8) is 0 Å². The molecule has 2 aromatic carbocycles. The monoisotopic (exact) mass is 492 g/mol. The Labute approximate surface area is 195 Å². The maximum atomic E-state index is 13.4. The highest BCUT2D eigenvalue weighted by Gasteiger charge is 2.39. The summed E-state index contributed by atoms with van der Waals surface area (Å²) in [4.78, 5) is 9.78. The fraction of sp³-hybridized carbons (Fsp3) is 0.304. The molecular weight excluding hydrogens is 469 g/mol. The third-order valence-electron chi connectivity index (χ3n) is 5.49. The van der Waals surface area contributed by atoms with Crippen molar-refractivity contribution >= 4 is 15.8 Å². The first kappa shape index (κ1) is 24.0. The number of sulfonamides is 1.